The Hall–Kier alpha value is -2.78. The number of halogens is 1. The van der Waals surface area contributed by atoms with Gasteiger partial charge in [0.15, 0.2) is 0 Å². The molecule has 3 aromatic carbocycles. The molecule has 0 atom stereocenters. The molecule has 0 saturated carbocycles. The molecule has 0 aliphatic rings. The molecule has 0 radical (unpaired) electrons. The van der Waals surface area contributed by atoms with Crippen molar-refractivity contribution in [2.24, 2.45) is 0 Å². The van der Waals surface area contributed by atoms with Crippen LogP contribution in [0.1, 0.15) is 11.1 Å². The number of carboxylic acids is 1. The molecule has 4 heteroatoms. The van der Waals surface area contributed by atoms with Crippen LogP contribution in [0, 0.1) is 0 Å². The smallest absolute Gasteiger partial charge is 0.336 e. The Balaban J connectivity index is 2.20. The molecule has 3 aromatic rings. The second-order valence-electron chi connectivity index (χ2n) is 5.10. The number of fused-ring (bicyclic) bond motifs is 1. The van der Waals surface area contributed by atoms with Gasteiger partial charge in [0, 0.05) is 0 Å². The highest BCUT2D eigenvalue weighted by Gasteiger charge is 2.13. The largest absolute Gasteiger partial charge is 0.506 e. The number of rotatable bonds is 3. The molecule has 0 unspecified atom stereocenters. The van der Waals surface area contributed by atoms with E-state index in [2.05, 4.69) is 0 Å². The zero-order chi connectivity index (χ0) is 16.4. The lowest BCUT2D eigenvalue weighted by Crippen LogP contribution is -2.00. The first-order chi connectivity index (χ1) is 11.1. The van der Waals surface area contributed by atoms with Gasteiger partial charge >= 0.3 is 5.97 Å². The van der Waals surface area contributed by atoms with Gasteiger partial charge in [-0.2, -0.15) is 0 Å². The molecule has 0 spiro atoms. The summed E-state index contributed by atoms with van der Waals surface area (Å²) in [5, 5.41) is 21.1. The molecule has 3 nitrogen and oxygen atoms in total. The van der Waals surface area contributed by atoms with Crippen LogP contribution in [0.4, 0.5) is 0 Å². The first-order valence-electron chi connectivity index (χ1n) is 6.98. The van der Waals surface area contributed by atoms with Crippen LogP contribution in [-0.2, 0) is 4.79 Å². The van der Waals surface area contributed by atoms with Gasteiger partial charge in [0.25, 0.3) is 0 Å². The van der Waals surface area contributed by atoms with Crippen LogP contribution in [0.15, 0.2) is 60.7 Å². The van der Waals surface area contributed by atoms with Gasteiger partial charge in [0.2, 0.25) is 0 Å². The summed E-state index contributed by atoms with van der Waals surface area (Å²) in [5.41, 5.74) is 1.42. The van der Waals surface area contributed by atoms with Crippen LogP contribution < -0.4 is 0 Å². The molecule has 0 aromatic heterocycles. The molecule has 0 heterocycles. The third-order valence-corrected chi connectivity index (χ3v) is 3.90. The van der Waals surface area contributed by atoms with E-state index in [1.807, 2.05) is 36.4 Å². The van der Waals surface area contributed by atoms with Gasteiger partial charge in [-0.1, -0.05) is 60.1 Å². The Morgan fingerprint density at radius 3 is 2.48 bits per heavy atom. The summed E-state index contributed by atoms with van der Waals surface area (Å²) in [6, 6.07) is 17.8. The van der Waals surface area contributed by atoms with Crippen molar-refractivity contribution in [3.05, 3.63) is 76.8 Å². The molecule has 0 saturated heterocycles. The molecule has 2 N–H and O–H groups in total. The van der Waals surface area contributed by atoms with Crippen molar-refractivity contribution in [2.45, 2.75) is 0 Å². The van der Waals surface area contributed by atoms with Crippen LogP contribution in [0.3, 0.4) is 0 Å². The molecule has 114 valence electrons. The van der Waals surface area contributed by atoms with Crippen molar-refractivity contribution in [1.29, 1.82) is 0 Å². The summed E-state index contributed by atoms with van der Waals surface area (Å²) in [4.78, 5) is 11.7. The van der Waals surface area contributed by atoms with E-state index in [4.69, 9.17) is 11.6 Å². The summed E-state index contributed by atoms with van der Waals surface area (Å²) in [6.45, 7) is 0. The normalized spacial score (nSPS) is 11.6. The highest BCUT2D eigenvalue weighted by molar-refractivity contribution is 6.32. The van der Waals surface area contributed by atoms with Crippen LogP contribution in [-0.4, -0.2) is 16.2 Å². The van der Waals surface area contributed by atoms with E-state index in [0.29, 0.717) is 11.1 Å². The minimum atomic E-state index is -1.02. The number of hydrogen-bond acceptors (Lipinski definition) is 2. The van der Waals surface area contributed by atoms with Gasteiger partial charge in [0.1, 0.15) is 5.75 Å². The fourth-order valence-corrected chi connectivity index (χ4v) is 2.68. The number of carboxylic acid groups (broad SMARTS) is 1. The molecule has 0 amide bonds. The van der Waals surface area contributed by atoms with Gasteiger partial charge in [0.05, 0.1) is 10.6 Å². The summed E-state index contributed by atoms with van der Waals surface area (Å²) in [5.74, 6) is -1.06. The fourth-order valence-electron chi connectivity index (χ4n) is 2.49. The van der Waals surface area contributed by atoms with Crippen molar-refractivity contribution in [1.82, 2.24) is 0 Å². The Kier molecular flexibility index (Phi) is 4.04. The molecule has 0 bridgehead atoms. The Bertz CT molecular complexity index is 924. The van der Waals surface area contributed by atoms with Crippen LogP contribution >= 0.6 is 11.6 Å². The molecular formula is C19H13ClO3. The summed E-state index contributed by atoms with van der Waals surface area (Å²) < 4.78 is 0. The maximum atomic E-state index is 11.7. The van der Waals surface area contributed by atoms with Crippen molar-refractivity contribution in [2.75, 3.05) is 0 Å². The van der Waals surface area contributed by atoms with Crippen molar-refractivity contribution in [3.63, 3.8) is 0 Å². The molecule has 0 aliphatic heterocycles. The number of benzene rings is 3. The van der Waals surface area contributed by atoms with E-state index < -0.39 is 5.97 Å². The van der Waals surface area contributed by atoms with Crippen molar-refractivity contribution >= 4 is 40.0 Å². The highest BCUT2D eigenvalue weighted by atomic mass is 35.5. The van der Waals surface area contributed by atoms with Crippen LogP contribution in [0.25, 0.3) is 22.4 Å². The zero-order valence-corrected chi connectivity index (χ0v) is 12.8. The lowest BCUT2D eigenvalue weighted by Gasteiger charge is -2.08. The standard InChI is InChI=1S/C19H13ClO3/c20-17-11-12(8-9-18(17)21)10-16(19(22)23)15-7-3-5-13-4-1-2-6-14(13)15/h1-11,21H,(H,22,23)/b16-10-. The number of hydrogen-bond donors (Lipinski definition) is 2. The van der Waals surface area contributed by atoms with Gasteiger partial charge in [-0.15, -0.1) is 0 Å². The minimum Gasteiger partial charge on any atom is -0.506 e. The summed E-state index contributed by atoms with van der Waals surface area (Å²) >= 11 is 5.89. The highest BCUT2D eigenvalue weighted by Crippen LogP contribution is 2.29. The minimum absolute atomic E-state index is 0.0362. The monoisotopic (exact) mass is 324 g/mol. The Morgan fingerprint density at radius 1 is 1.00 bits per heavy atom. The third-order valence-electron chi connectivity index (χ3n) is 3.59. The zero-order valence-electron chi connectivity index (χ0n) is 12.0. The predicted octanol–water partition coefficient (Wildman–Crippen LogP) is 4.82. The van der Waals surface area contributed by atoms with E-state index in [-0.39, 0.29) is 16.3 Å². The average molecular weight is 325 g/mol. The fraction of sp³-hybridized carbons (Fsp3) is 0. The van der Waals surface area contributed by atoms with Crippen LogP contribution in [0.2, 0.25) is 5.02 Å². The maximum Gasteiger partial charge on any atom is 0.336 e. The quantitative estimate of drug-likeness (QED) is 0.536. The van der Waals surface area contributed by atoms with E-state index in [1.54, 1.807) is 18.2 Å². The average Bonchev–Trinajstić information content (AvgIpc) is 2.55. The number of phenolic OH excluding ortho intramolecular Hbond substituents is 1. The molecule has 0 fully saturated rings. The van der Waals surface area contributed by atoms with Gasteiger partial charge in [-0.25, -0.2) is 4.79 Å². The second kappa shape index (κ2) is 6.15. The first-order valence-corrected chi connectivity index (χ1v) is 7.36. The first kappa shape index (κ1) is 15.1. The lowest BCUT2D eigenvalue weighted by atomic mass is 9.96. The van der Waals surface area contributed by atoms with Crippen molar-refractivity contribution in [3.8, 4) is 5.75 Å². The van der Waals surface area contributed by atoms with Gasteiger partial charge in [-0.3, -0.25) is 0 Å². The molecule has 0 aliphatic carbocycles. The molecule has 23 heavy (non-hydrogen) atoms. The predicted molar refractivity (Wildman–Crippen MR) is 92.6 cm³/mol. The Labute approximate surface area is 138 Å². The maximum absolute atomic E-state index is 11.7. The summed E-state index contributed by atoms with van der Waals surface area (Å²) in [7, 11) is 0. The second-order valence-corrected chi connectivity index (χ2v) is 5.51. The number of aromatic hydroxyl groups is 1. The number of phenols is 1. The number of carbonyl (C=O) groups is 1. The van der Waals surface area contributed by atoms with Crippen molar-refractivity contribution < 1.29 is 15.0 Å². The number of aliphatic carboxylic acids is 1. The topological polar surface area (TPSA) is 57.5 Å². The SMILES string of the molecule is O=C(O)/C(=C\c1ccc(O)c(Cl)c1)c1cccc2ccccc12. The van der Waals surface area contributed by atoms with Gasteiger partial charge < -0.3 is 10.2 Å². The van der Waals surface area contributed by atoms with E-state index in [1.165, 1.54) is 12.1 Å². The third kappa shape index (κ3) is 3.05. The van der Waals surface area contributed by atoms with Crippen LogP contribution in [0.5, 0.6) is 5.75 Å². The van der Waals surface area contributed by atoms with E-state index in [0.717, 1.165) is 10.8 Å². The molecular weight excluding hydrogens is 312 g/mol. The van der Waals surface area contributed by atoms with E-state index in [9.17, 15) is 15.0 Å². The van der Waals surface area contributed by atoms with E-state index >= 15 is 0 Å². The molecule has 3 rings (SSSR count). The Morgan fingerprint density at radius 2 is 1.74 bits per heavy atom. The lowest BCUT2D eigenvalue weighted by molar-refractivity contribution is -0.130. The summed E-state index contributed by atoms with van der Waals surface area (Å²) in [6.07, 6.45) is 1.55. The van der Waals surface area contributed by atoms with Gasteiger partial charge in [-0.05, 0) is 40.1 Å².